The van der Waals surface area contributed by atoms with Crippen LogP contribution in [0.25, 0.3) is 0 Å². The molecule has 6 nitrogen and oxygen atoms in total. The number of phenols is 1. The smallest absolute Gasteiger partial charge is 0.471 e. The van der Waals surface area contributed by atoms with Crippen LogP contribution >= 0.6 is 11.6 Å². The van der Waals surface area contributed by atoms with Crippen LogP contribution in [0.3, 0.4) is 0 Å². The molecule has 1 heterocycles. The normalized spacial score (nSPS) is 24.2. The molecule has 1 saturated heterocycles. The van der Waals surface area contributed by atoms with E-state index >= 15 is 0 Å². The molecule has 1 saturated carbocycles. The molecule has 0 radical (unpaired) electrons. The minimum absolute atomic E-state index is 0.0101. The highest BCUT2D eigenvalue weighted by atomic mass is 35.5. The van der Waals surface area contributed by atoms with E-state index in [-0.39, 0.29) is 30.5 Å². The van der Waals surface area contributed by atoms with Crippen molar-refractivity contribution in [3.05, 3.63) is 28.8 Å². The number of hydrogen-bond donors (Lipinski definition) is 2. The third-order valence-corrected chi connectivity index (χ3v) is 7.25. The average molecular weight is 491 g/mol. The van der Waals surface area contributed by atoms with E-state index in [9.17, 15) is 27.9 Å². The molecule has 3 rings (SSSR count). The van der Waals surface area contributed by atoms with Gasteiger partial charge in [0.2, 0.25) is 5.91 Å². The second-order valence-electron chi connectivity index (χ2n) is 9.22. The van der Waals surface area contributed by atoms with Crippen LogP contribution < -0.4 is 5.32 Å². The summed E-state index contributed by atoms with van der Waals surface area (Å²) in [4.78, 5) is 26.7. The predicted molar refractivity (Wildman–Crippen MR) is 117 cm³/mol. The van der Waals surface area contributed by atoms with Crippen molar-refractivity contribution in [2.75, 3.05) is 13.2 Å². The topological polar surface area (TPSA) is 78.9 Å². The monoisotopic (exact) mass is 490 g/mol. The minimum Gasteiger partial charge on any atom is -0.508 e. The molecule has 1 aromatic rings. The number of rotatable bonds is 6. The van der Waals surface area contributed by atoms with Gasteiger partial charge < -0.3 is 20.1 Å². The fourth-order valence-electron chi connectivity index (χ4n) is 5.07. The van der Waals surface area contributed by atoms with E-state index in [0.29, 0.717) is 49.5 Å². The summed E-state index contributed by atoms with van der Waals surface area (Å²) < 4.78 is 45.7. The maximum Gasteiger partial charge on any atom is 0.471 e. The molecule has 0 spiro atoms. The Bertz CT molecular complexity index is 874. The van der Waals surface area contributed by atoms with Gasteiger partial charge in [-0.2, -0.15) is 13.2 Å². The fourth-order valence-corrected chi connectivity index (χ4v) is 5.26. The number of nitrogens with zero attached hydrogens (tertiary/aromatic N) is 1. The molecule has 33 heavy (non-hydrogen) atoms. The number of amides is 2. The first-order valence-electron chi connectivity index (χ1n) is 11.2. The van der Waals surface area contributed by atoms with Crippen LogP contribution in [-0.2, 0) is 20.9 Å². The Morgan fingerprint density at radius 2 is 1.91 bits per heavy atom. The molecule has 0 bridgehead atoms. The molecule has 10 heteroatoms. The molecule has 0 unspecified atom stereocenters. The number of carbonyl (C=O) groups is 2. The van der Waals surface area contributed by atoms with Crippen LogP contribution in [0, 0.1) is 11.3 Å². The SMILES string of the molecule is CC(C)[C@]1(C(=O)NCc2cc(Cl)ccc2O)CC[C@@H](N(C(=O)C(F)(F)F)C2CCOCC2)C1. The highest BCUT2D eigenvalue weighted by Crippen LogP contribution is 2.47. The van der Waals surface area contributed by atoms with E-state index in [1.54, 1.807) is 6.07 Å². The first-order valence-corrected chi connectivity index (χ1v) is 11.6. The van der Waals surface area contributed by atoms with Gasteiger partial charge >= 0.3 is 12.1 Å². The van der Waals surface area contributed by atoms with Crippen LogP contribution in [0.2, 0.25) is 5.02 Å². The maximum absolute atomic E-state index is 13.5. The second-order valence-corrected chi connectivity index (χ2v) is 9.65. The van der Waals surface area contributed by atoms with Crippen LogP contribution in [0.15, 0.2) is 18.2 Å². The molecular formula is C23H30ClF3N2O4. The lowest BCUT2D eigenvalue weighted by molar-refractivity contribution is -0.192. The van der Waals surface area contributed by atoms with Crippen LogP contribution in [0.5, 0.6) is 5.75 Å². The summed E-state index contributed by atoms with van der Waals surface area (Å²) in [5, 5.41) is 13.2. The third-order valence-electron chi connectivity index (χ3n) is 7.02. The van der Waals surface area contributed by atoms with Crippen molar-refractivity contribution in [3.63, 3.8) is 0 Å². The lowest BCUT2D eigenvalue weighted by Gasteiger charge is -2.40. The van der Waals surface area contributed by atoms with Gasteiger partial charge in [-0.1, -0.05) is 25.4 Å². The summed E-state index contributed by atoms with van der Waals surface area (Å²) in [6.45, 7) is 4.37. The largest absolute Gasteiger partial charge is 0.508 e. The fraction of sp³-hybridized carbons (Fsp3) is 0.652. The molecule has 2 fully saturated rings. The van der Waals surface area contributed by atoms with Crippen molar-refractivity contribution >= 4 is 23.4 Å². The maximum atomic E-state index is 13.5. The van der Waals surface area contributed by atoms with Gasteiger partial charge in [-0.25, -0.2) is 0 Å². The summed E-state index contributed by atoms with van der Waals surface area (Å²) in [5.41, 5.74) is -0.478. The van der Waals surface area contributed by atoms with Crippen molar-refractivity contribution in [3.8, 4) is 5.75 Å². The Morgan fingerprint density at radius 1 is 1.24 bits per heavy atom. The minimum atomic E-state index is -4.98. The van der Waals surface area contributed by atoms with Gasteiger partial charge in [-0.05, 0) is 56.2 Å². The van der Waals surface area contributed by atoms with E-state index in [1.807, 2.05) is 13.8 Å². The summed E-state index contributed by atoms with van der Waals surface area (Å²) in [5.74, 6) is -2.31. The molecule has 1 aliphatic carbocycles. The molecule has 1 aromatic carbocycles. The van der Waals surface area contributed by atoms with Crippen molar-refractivity contribution in [2.24, 2.45) is 11.3 Å². The van der Waals surface area contributed by atoms with Gasteiger partial charge in [-0.3, -0.25) is 9.59 Å². The van der Waals surface area contributed by atoms with Crippen molar-refractivity contribution < 1.29 is 32.6 Å². The van der Waals surface area contributed by atoms with E-state index in [1.165, 1.54) is 12.1 Å². The number of phenolic OH excluding ortho intramolecular Hbond substituents is 1. The first kappa shape index (κ1) is 25.6. The molecule has 1 aliphatic heterocycles. The summed E-state index contributed by atoms with van der Waals surface area (Å²) >= 11 is 5.97. The van der Waals surface area contributed by atoms with Gasteiger partial charge in [0.15, 0.2) is 0 Å². The molecule has 2 N–H and O–H groups in total. The standard InChI is InChI=1S/C23H30ClF3N2O4/c1-14(2)22(20(31)28-13-15-11-16(24)3-4-19(15)30)8-5-18(12-22)29(21(32)23(25,26)27)17-6-9-33-10-7-17/h3-4,11,14,17-18,30H,5-10,12-13H2,1-2H3,(H,28,31)/t18-,22+/m1/s1. The van der Waals surface area contributed by atoms with E-state index in [2.05, 4.69) is 5.32 Å². The number of aromatic hydroxyl groups is 1. The number of nitrogens with one attached hydrogen (secondary N) is 1. The summed E-state index contributed by atoms with van der Waals surface area (Å²) in [6.07, 6.45) is -3.47. The number of halogens is 4. The number of alkyl halides is 3. The predicted octanol–water partition coefficient (Wildman–Crippen LogP) is 4.43. The van der Waals surface area contributed by atoms with Gasteiger partial charge in [-0.15, -0.1) is 0 Å². The van der Waals surface area contributed by atoms with Gasteiger partial charge in [0, 0.05) is 42.4 Å². The summed E-state index contributed by atoms with van der Waals surface area (Å²) in [6, 6.07) is 3.26. The van der Waals surface area contributed by atoms with Crippen LogP contribution in [-0.4, -0.2) is 53.3 Å². The number of hydrogen-bond acceptors (Lipinski definition) is 4. The molecule has 2 aliphatic rings. The Kier molecular flexibility index (Phi) is 7.84. The van der Waals surface area contributed by atoms with Crippen LogP contribution in [0.1, 0.15) is 51.5 Å². The average Bonchev–Trinajstić information content (AvgIpc) is 3.21. The quantitative estimate of drug-likeness (QED) is 0.618. The Labute approximate surface area is 196 Å². The second kappa shape index (κ2) is 10.1. The number of ether oxygens (including phenoxy) is 1. The molecule has 0 aromatic heterocycles. The highest BCUT2D eigenvalue weighted by molar-refractivity contribution is 6.30. The van der Waals surface area contributed by atoms with E-state index < -0.39 is 29.6 Å². The van der Waals surface area contributed by atoms with Crippen molar-refractivity contribution in [1.29, 1.82) is 0 Å². The number of benzene rings is 1. The molecular weight excluding hydrogens is 461 g/mol. The van der Waals surface area contributed by atoms with E-state index in [0.717, 1.165) is 4.90 Å². The van der Waals surface area contributed by atoms with E-state index in [4.69, 9.17) is 16.3 Å². The zero-order valence-corrected chi connectivity index (χ0v) is 19.5. The van der Waals surface area contributed by atoms with Crippen molar-refractivity contribution in [2.45, 2.75) is 70.8 Å². The van der Waals surface area contributed by atoms with Crippen LogP contribution in [0.4, 0.5) is 13.2 Å². The number of carbonyl (C=O) groups excluding carboxylic acids is 2. The molecule has 2 amide bonds. The molecule has 184 valence electrons. The summed E-state index contributed by atoms with van der Waals surface area (Å²) in [7, 11) is 0. The first-order chi connectivity index (χ1) is 15.5. The van der Waals surface area contributed by atoms with Gasteiger partial charge in [0.05, 0.1) is 5.41 Å². The van der Waals surface area contributed by atoms with Gasteiger partial charge in [0.1, 0.15) is 5.75 Å². The Morgan fingerprint density at radius 3 is 2.52 bits per heavy atom. The lowest BCUT2D eigenvalue weighted by atomic mass is 9.74. The van der Waals surface area contributed by atoms with Gasteiger partial charge in [0.25, 0.3) is 0 Å². The lowest BCUT2D eigenvalue weighted by Crippen LogP contribution is -2.54. The molecule has 2 atom stereocenters. The Balaban J connectivity index is 1.80. The third kappa shape index (κ3) is 5.57. The zero-order valence-electron chi connectivity index (χ0n) is 18.8. The Hall–Kier alpha value is -2.00. The zero-order chi connectivity index (χ0) is 24.4. The van der Waals surface area contributed by atoms with Crippen molar-refractivity contribution in [1.82, 2.24) is 10.2 Å². The highest BCUT2D eigenvalue weighted by Gasteiger charge is 2.54.